The highest BCUT2D eigenvalue weighted by Gasteiger charge is 2.08. The van der Waals surface area contributed by atoms with E-state index in [0.29, 0.717) is 15.8 Å². The van der Waals surface area contributed by atoms with Crippen molar-refractivity contribution in [3.05, 3.63) is 52.9 Å². The van der Waals surface area contributed by atoms with Gasteiger partial charge in [-0.2, -0.15) is 0 Å². The van der Waals surface area contributed by atoms with Crippen molar-refractivity contribution in [3.8, 4) is 11.3 Å². The standard InChI is InChI=1S/C14H9ClN4O2S/c15-9-3-1-8(2-4-9)11-7-22-14(19-11)18-10-5-16-12(13(20)21)17-6-10/h1-7H,(H,18,19)(H,20,21). The highest BCUT2D eigenvalue weighted by atomic mass is 35.5. The monoisotopic (exact) mass is 332 g/mol. The summed E-state index contributed by atoms with van der Waals surface area (Å²) in [6, 6.07) is 7.40. The summed E-state index contributed by atoms with van der Waals surface area (Å²) in [7, 11) is 0. The van der Waals surface area contributed by atoms with E-state index in [-0.39, 0.29) is 5.82 Å². The Labute approximate surface area is 134 Å². The van der Waals surface area contributed by atoms with Gasteiger partial charge in [-0.1, -0.05) is 23.7 Å². The third kappa shape index (κ3) is 3.21. The summed E-state index contributed by atoms with van der Waals surface area (Å²) in [5.74, 6) is -1.41. The fraction of sp³-hybridized carbons (Fsp3) is 0. The second-order valence-corrected chi connectivity index (χ2v) is 5.56. The van der Waals surface area contributed by atoms with E-state index < -0.39 is 5.97 Å². The third-order valence-electron chi connectivity index (χ3n) is 2.74. The average molecular weight is 333 g/mol. The van der Waals surface area contributed by atoms with Crippen LogP contribution in [0.5, 0.6) is 0 Å². The van der Waals surface area contributed by atoms with Gasteiger partial charge >= 0.3 is 5.97 Å². The zero-order valence-corrected chi connectivity index (χ0v) is 12.6. The number of carboxylic acid groups (broad SMARTS) is 1. The largest absolute Gasteiger partial charge is 0.475 e. The summed E-state index contributed by atoms with van der Waals surface area (Å²) in [5, 5.41) is 15.0. The molecule has 3 aromatic rings. The summed E-state index contributed by atoms with van der Waals surface area (Å²) in [4.78, 5) is 22.6. The predicted molar refractivity (Wildman–Crippen MR) is 84.8 cm³/mol. The molecule has 0 bridgehead atoms. The zero-order valence-electron chi connectivity index (χ0n) is 11.0. The van der Waals surface area contributed by atoms with E-state index in [1.165, 1.54) is 23.7 Å². The Balaban J connectivity index is 1.76. The third-order valence-corrected chi connectivity index (χ3v) is 3.75. The lowest BCUT2D eigenvalue weighted by Gasteiger charge is -2.01. The molecule has 0 fully saturated rings. The maximum Gasteiger partial charge on any atom is 0.373 e. The van der Waals surface area contributed by atoms with Crippen LogP contribution in [0.2, 0.25) is 5.02 Å². The van der Waals surface area contributed by atoms with Crippen LogP contribution < -0.4 is 5.32 Å². The maximum atomic E-state index is 10.7. The lowest BCUT2D eigenvalue weighted by atomic mass is 10.2. The number of nitrogens with one attached hydrogen (secondary N) is 1. The first-order chi connectivity index (χ1) is 10.6. The smallest absolute Gasteiger partial charge is 0.373 e. The molecule has 0 aliphatic heterocycles. The van der Waals surface area contributed by atoms with Gasteiger partial charge in [0.15, 0.2) is 5.13 Å². The molecule has 110 valence electrons. The molecule has 0 atom stereocenters. The molecule has 6 nitrogen and oxygen atoms in total. The highest BCUT2D eigenvalue weighted by Crippen LogP contribution is 2.27. The van der Waals surface area contributed by atoms with Gasteiger partial charge in [-0.25, -0.2) is 19.7 Å². The number of aromatic carboxylic acids is 1. The molecule has 0 radical (unpaired) electrons. The van der Waals surface area contributed by atoms with Crippen LogP contribution >= 0.6 is 22.9 Å². The minimum absolute atomic E-state index is 0.244. The Kier molecular flexibility index (Phi) is 3.99. The number of benzene rings is 1. The molecule has 0 saturated carbocycles. The molecule has 0 amide bonds. The molecule has 1 aromatic carbocycles. The molecule has 2 N–H and O–H groups in total. The lowest BCUT2D eigenvalue weighted by Crippen LogP contribution is -2.04. The molecule has 0 unspecified atom stereocenters. The van der Waals surface area contributed by atoms with Gasteiger partial charge in [0.1, 0.15) is 0 Å². The Morgan fingerprint density at radius 1 is 1.18 bits per heavy atom. The van der Waals surface area contributed by atoms with Crippen molar-refractivity contribution >= 4 is 39.7 Å². The topological polar surface area (TPSA) is 88.0 Å². The van der Waals surface area contributed by atoms with E-state index in [0.717, 1.165) is 11.3 Å². The maximum absolute atomic E-state index is 10.7. The van der Waals surface area contributed by atoms with Crippen LogP contribution in [0.3, 0.4) is 0 Å². The van der Waals surface area contributed by atoms with Crippen LogP contribution in [-0.4, -0.2) is 26.0 Å². The number of carboxylic acids is 1. The van der Waals surface area contributed by atoms with E-state index >= 15 is 0 Å². The van der Waals surface area contributed by atoms with E-state index in [2.05, 4.69) is 20.3 Å². The van der Waals surface area contributed by atoms with E-state index in [9.17, 15) is 4.79 Å². The van der Waals surface area contributed by atoms with Gasteiger partial charge in [-0.15, -0.1) is 11.3 Å². The van der Waals surface area contributed by atoms with Gasteiger partial charge < -0.3 is 10.4 Å². The molecule has 0 aliphatic carbocycles. The average Bonchev–Trinajstić information content (AvgIpc) is 2.97. The van der Waals surface area contributed by atoms with Crippen LogP contribution in [0.25, 0.3) is 11.3 Å². The number of halogens is 1. The summed E-state index contributed by atoms with van der Waals surface area (Å²) < 4.78 is 0. The molecule has 22 heavy (non-hydrogen) atoms. The van der Waals surface area contributed by atoms with E-state index in [4.69, 9.17) is 16.7 Å². The zero-order chi connectivity index (χ0) is 15.5. The summed E-state index contributed by atoms with van der Waals surface area (Å²) in [6.07, 6.45) is 2.81. The van der Waals surface area contributed by atoms with Crippen molar-refractivity contribution < 1.29 is 9.90 Å². The van der Waals surface area contributed by atoms with Gasteiger partial charge in [0.2, 0.25) is 5.82 Å². The van der Waals surface area contributed by atoms with Gasteiger partial charge in [-0.3, -0.25) is 0 Å². The second kappa shape index (κ2) is 6.08. The fourth-order valence-electron chi connectivity index (χ4n) is 1.71. The minimum Gasteiger partial charge on any atom is -0.475 e. The number of aromatic nitrogens is 3. The SMILES string of the molecule is O=C(O)c1ncc(Nc2nc(-c3ccc(Cl)cc3)cs2)cn1. The van der Waals surface area contributed by atoms with Crippen molar-refractivity contribution in [1.29, 1.82) is 0 Å². The number of thiazole rings is 1. The van der Waals surface area contributed by atoms with Crippen LogP contribution in [0.15, 0.2) is 42.0 Å². The Bertz CT molecular complexity index is 802. The molecular weight excluding hydrogens is 324 g/mol. The van der Waals surface area contributed by atoms with Crippen molar-refractivity contribution in [2.45, 2.75) is 0 Å². The van der Waals surface area contributed by atoms with Crippen molar-refractivity contribution in [2.24, 2.45) is 0 Å². The van der Waals surface area contributed by atoms with Crippen molar-refractivity contribution in [3.63, 3.8) is 0 Å². The number of hydrogen-bond acceptors (Lipinski definition) is 6. The van der Waals surface area contributed by atoms with Gasteiger partial charge in [0, 0.05) is 16.0 Å². The minimum atomic E-state index is -1.16. The normalized spacial score (nSPS) is 10.4. The number of rotatable bonds is 4. The summed E-state index contributed by atoms with van der Waals surface area (Å²) >= 11 is 7.29. The van der Waals surface area contributed by atoms with Gasteiger partial charge in [0.05, 0.1) is 23.8 Å². The number of carbonyl (C=O) groups is 1. The Morgan fingerprint density at radius 2 is 1.86 bits per heavy atom. The predicted octanol–water partition coefficient (Wildman–Crippen LogP) is 3.70. The van der Waals surface area contributed by atoms with E-state index in [1.807, 2.05) is 29.6 Å². The van der Waals surface area contributed by atoms with Crippen LogP contribution in [0, 0.1) is 0 Å². The van der Waals surface area contributed by atoms with Crippen molar-refractivity contribution in [1.82, 2.24) is 15.0 Å². The van der Waals surface area contributed by atoms with Gasteiger partial charge in [-0.05, 0) is 12.1 Å². The Hall–Kier alpha value is -2.51. The molecule has 0 aliphatic rings. The molecule has 0 spiro atoms. The van der Waals surface area contributed by atoms with Gasteiger partial charge in [0.25, 0.3) is 0 Å². The molecular formula is C14H9ClN4O2S. The fourth-order valence-corrected chi connectivity index (χ4v) is 2.58. The molecule has 2 aromatic heterocycles. The van der Waals surface area contributed by atoms with Crippen molar-refractivity contribution in [2.75, 3.05) is 5.32 Å². The van der Waals surface area contributed by atoms with E-state index in [1.54, 1.807) is 0 Å². The Morgan fingerprint density at radius 3 is 2.50 bits per heavy atom. The molecule has 3 rings (SSSR count). The molecule has 8 heteroatoms. The van der Waals surface area contributed by atoms with Crippen LogP contribution in [-0.2, 0) is 0 Å². The first-order valence-corrected chi connectivity index (χ1v) is 7.41. The quantitative estimate of drug-likeness (QED) is 0.757. The number of nitrogens with zero attached hydrogens (tertiary/aromatic N) is 3. The van der Waals surface area contributed by atoms with Crippen LogP contribution in [0.1, 0.15) is 10.6 Å². The molecule has 0 saturated heterocycles. The summed E-state index contributed by atoms with van der Waals surface area (Å²) in [6.45, 7) is 0. The highest BCUT2D eigenvalue weighted by molar-refractivity contribution is 7.14. The molecule has 2 heterocycles. The number of anilines is 2. The number of hydrogen-bond donors (Lipinski definition) is 2. The first-order valence-electron chi connectivity index (χ1n) is 6.15. The first kappa shape index (κ1) is 14.4. The van der Waals surface area contributed by atoms with Crippen LogP contribution in [0.4, 0.5) is 10.8 Å². The second-order valence-electron chi connectivity index (χ2n) is 4.27. The summed E-state index contributed by atoms with van der Waals surface area (Å²) in [5.41, 5.74) is 2.36. The lowest BCUT2D eigenvalue weighted by molar-refractivity contribution is 0.0683.